The van der Waals surface area contributed by atoms with Crippen LogP contribution in [0.15, 0.2) is 30.6 Å². The average molecular weight is 411 g/mol. The highest BCUT2D eigenvalue weighted by molar-refractivity contribution is 5.77. The molecule has 1 saturated carbocycles. The highest BCUT2D eigenvalue weighted by Crippen LogP contribution is 2.52. The number of carbonyl (C=O) groups is 1. The fourth-order valence-electron chi connectivity index (χ4n) is 5.41. The van der Waals surface area contributed by atoms with Crippen LogP contribution in [0.1, 0.15) is 75.7 Å². The van der Waals surface area contributed by atoms with Crippen LogP contribution in [-0.2, 0) is 11.2 Å². The Hall–Kier alpha value is -2.37. The summed E-state index contributed by atoms with van der Waals surface area (Å²) in [6.07, 6.45) is 9.29. The molecule has 1 aromatic carbocycles. The maximum absolute atomic E-state index is 13.2. The van der Waals surface area contributed by atoms with E-state index in [1.165, 1.54) is 32.1 Å². The van der Waals surface area contributed by atoms with Crippen LogP contribution in [-0.4, -0.2) is 45.8 Å². The number of rotatable bonds is 6. The highest BCUT2D eigenvalue weighted by Gasteiger charge is 2.50. The molecule has 1 spiro atoms. The summed E-state index contributed by atoms with van der Waals surface area (Å²) in [5, 5.41) is 8.76. The second kappa shape index (κ2) is 8.78. The molecule has 0 N–H and O–H groups in total. The zero-order valence-corrected chi connectivity index (χ0v) is 18.5. The smallest absolute Gasteiger partial charge is 0.222 e. The van der Waals surface area contributed by atoms with Gasteiger partial charge in [-0.15, -0.1) is 10.2 Å². The zero-order valence-electron chi connectivity index (χ0n) is 18.5. The van der Waals surface area contributed by atoms with Crippen LogP contribution < -0.4 is 4.74 Å². The van der Waals surface area contributed by atoms with Gasteiger partial charge in [0.25, 0.3) is 0 Å². The van der Waals surface area contributed by atoms with Gasteiger partial charge in [0.15, 0.2) is 0 Å². The molecular formula is C24H34N4O2. The molecule has 30 heavy (non-hydrogen) atoms. The van der Waals surface area contributed by atoms with Gasteiger partial charge in [-0.2, -0.15) is 0 Å². The van der Waals surface area contributed by atoms with Gasteiger partial charge >= 0.3 is 0 Å². The molecule has 6 nitrogen and oxygen atoms in total. The van der Waals surface area contributed by atoms with Crippen molar-refractivity contribution in [3.63, 3.8) is 0 Å². The van der Waals surface area contributed by atoms with E-state index in [2.05, 4.69) is 39.6 Å². The van der Waals surface area contributed by atoms with Gasteiger partial charge in [0.1, 0.15) is 17.9 Å². The van der Waals surface area contributed by atoms with E-state index in [9.17, 15) is 4.79 Å². The Kier molecular flexibility index (Phi) is 6.11. The number of carbonyl (C=O) groups excluding carboxylic acids is 1. The summed E-state index contributed by atoms with van der Waals surface area (Å²) in [6.45, 7) is 5.97. The van der Waals surface area contributed by atoms with Crippen molar-refractivity contribution >= 4 is 5.91 Å². The number of hydrogen-bond acceptors (Lipinski definition) is 4. The monoisotopic (exact) mass is 410 g/mol. The topological polar surface area (TPSA) is 60.2 Å². The number of benzene rings is 1. The van der Waals surface area contributed by atoms with Crippen LogP contribution in [0.2, 0.25) is 0 Å². The molecule has 0 radical (unpaired) electrons. The molecule has 1 atom stereocenters. The standard InChI is InChI=1S/C24H34N4O2/c1-18(2)28-17-25-26-23(28)21-15-27(16-24(21)12-5-4-6-13-24)22(29)11-10-19-8-7-9-20(14-19)30-3/h7-9,14,17-18,21H,4-6,10-13,15-16H2,1-3H3. The molecular weight excluding hydrogens is 376 g/mol. The minimum absolute atomic E-state index is 0.156. The first-order valence-corrected chi connectivity index (χ1v) is 11.3. The van der Waals surface area contributed by atoms with E-state index in [4.69, 9.17) is 4.74 Å². The van der Waals surface area contributed by atoms with Crippen LogP contribution in [0.25, 0.3) is 0 Å². The Morgan fingerprint density at radius 2 is 2.07 bits per heavy atom. The molecule has 1 aliphatic carbocycles. The maximum Gasteiger partial charge on any atom is 0.222 e. The fourth-order valence-corrected chi connectivity index (χ4v) is 5.41. The lowest BCUT2D eigenvalue weighted by Gasteiger charge is -2.37. The summed E-state index contributed by atoms with van der Waals surface area (Å²) in [6, 6.07) is 8.34. The van der Waals surface area contributed by atoms with Crippen LogP contribution >= 0.6 is 0 Å². The average Bonchev–Trinajstić information content (AvgIpc) is 3.38. The number of aromatic nitrogens is 3. The molecule has 1 saturated heterocycles. The van der Waals surface area contributed by atoms with Crippen LogP contribution in [0.4, 0.5) is 0 Å². The molecule has 2 aromatic rings. The number of likely N-dealkylation sites (tertiary alicyclic amines) is 1. The van der Waals surface area contributed by atoms with Crippen molar-refractivity contribution in [3.8, 4) is 5.75 Å². The van der Waals surface area contributed by atoms with Crippen molar-refractivity contribution in [3.05, 3.63) is 42.0 Å². The van der Waals surface area contributed by atoms with Gasteiger partial charge in [0, 0.05) is 31.5 Å². The molecule has 2 aliphatic rings. The first-order chi connectivity index (χ1) is 14.5. The van der Waals surface area contributed by atoms with Crippen LogP contribution in [0.3, 0.4) is 0 Å². The Labute approximate surface area is 179 Å². The lowest BCUT2D eigenvalue weighted by atomic mass is 9.67. The first kappa shape index (κ1) is 20.9. The normalized spacial score (nSPS) is 20.8. The number of aryl methyl sites for hydroxylation is 1. The molecule has 1 amide bonds. The van der Waals surface area contributed by atoms with Crippen LogP contribution in [0, 0.1) is 5.41 Å². The third kappa shape index (κ3) is 4.09. The predicted octanol–water partition coefficient (Wildman–Crippen LogP) is 4.38. The summed E-state index contributed by atoms with van der Waals surface area (Å²) in [4.78, 5) is 15.3. The third-order valence-corrected chi connectivity index (χ3v) is 7.08. The molecule has 162 valence electrons. The van der Waals surface area contributed by atoms with E-state index >= 15 is 0 Å². The predicted molar refractivity (Wildman–Crippen MR) is 117 cm³/mol. The van der Waals surface area contributed by atoms with Crippen molar-refractivity contribution in [1.82, 2.24) is 19.7 Å². The van der Waals surface area contributed by atoms with E-state index in [1.807, 2.05) is 24.5 Å². The molecule has 4 rings (SSSR count). The molecule has 1 aromatic heterocycles. The number of ether oxygens (including phenoxy) is 1. The summed E-state index contributed by atoms with van der Waals surface area (Å²) in [7, 11) is 1.67. The largest absolute Gasteiger partial charge is 0.497 e. The molecule has 0 bridgehead atoms. The second-order valence-corrected chi connectivity index (χ2v) is 9.29. The Balaban J connectivity index is 1.50. The van der Waals surface area contributed by atoms with Crippen molar-refractivity contribution in [2.45, 2.75) is 70.8 Å². The SMILES string of the molecule is COc1cccc(CCC(=O)N2CC(c3nncn3C(C)C)C3(CCCCC3)C2)c1. The van der Waals surface area contributed by atoms with Gasteiger partial charge in [-0.05, 0) is 56.2 Å². The van der Waals surface area contributed by atoms with Gasteiger partial charge in [-0.3, -0.25) is 4.79 Å². The molecule has 6 heteroatoms. The quantitative estimate of drug-likeness (QED) is 0.709. The summed E-state index contributed by atoms with van der Waals surface area (Å²) >= 11 is 0. The molecule has 2 fully saturated rings. The van der Waals surface area contributed by atoms with Gasteiger partial charge in [-0.1, -0.05) is 31.4 Å². The molecule has 1 unspecified atom stereocenters. The van der Waals surface area contributed by atoms with Crippen molar-refractivity contribution in [2.75, 3.05) is 20.2 Å². The summed E-state index contributed by atoms with van der Waals surface area (Å²) in [5.74, 6) is 2.44. The molecule has 1 aliphatic heterocycles. The van der Waals surface area contributed by atoms with Gasteiger partial charge < -0.3 is 14.2 Å². The van der Waals surface area contributed by atoms with E-state index in [-0.39, 0.29) is 17.2 Å². The fraction of sp³-hybridized carbons (Fsp3) is 0.625. The van der Waals surface area contributed by atoms with E-state index in [1.54, 1.807) is 7.11 Å². The lowest BCUT2D eigenvalue weighted by molar-refractivity contribution is -0.130. The number of hydrogen-bond donors (Lipinski definition) is 0. The maximum atomic E-state index is 13.2. The van der Waals surface area contributed by atoms with Crippen molar-refractivity contribution in [1.29, 1.82) is 0 Å². The Morgan fingerprint density at radius 3 is 2.80 bits per heavy atom. The zero-order chi connectivity index (χ0) is 21.1. The Morgan fingerprint density at radius 1 is 1.27 bits per heavy atom. The first-order valence-electron chi connectivity index (χ1n) is 11.3. The summed E-state index contributed by atoms with van der Waals surface area (Å²) < 4.78 is 7.51. The molecule has 2 heterocycles. The number of nitrogens with zero attached hydrogens (tertiary/aromatic N) is 4. The van der Waals surface area contributed by atoms with Crippen LogP contribution in [0.5, 0.6) is 5.75 Å². The third-order valence-electron chi connectivity index (χ3n) is 7.08. The lowest BCUT2D eigenvalue weighted by Crippen LogP contribution is -2.34. The van der Waals surface area contributed by atoms with E-state index < -0.39 is 0 Å². The minimum Gasteiger partial charge on any atom is -0.497 e. The Bertz CT molecular complexity index is 870. The number of methoxy groups -OCH3 is 1. The van der Waals surface area contributed by atoms with Gasteiger partial charge in [-0.25, -0.2) is 0 Å². The highest BCUT2D eigenvalue weighted by atomic mass is 16.5. The van der Waals surface area contributed by atoms with E-state index in [0.29, 0.717) is 12.5 Å². The summed E-state index contributed by atoms with van der Waals surface area (Å²) in [5.41, 5.74) is 1.30. The van der Waals surface area contributed by atoms with Gasteiger partial charge in [0.05, 0.1) is 7.11 Å². The minimum atomic E-state index is 0.156. The van der Waals surface area contributed by atoms with Gasteiger partial charge in [0.2, 0.25) is 5.91 Å². The van der Waals surface area contributed by atoms with Crippen molar-refractivity contribution < 1.29 is 9.53 Å². The van der Waals surface area contributed by atoms with E-state index in [0.717, 1.165) is 36.6 Å². The van der Waals surface area contributed by atoms with Crippen molar-refractivity contribution in [2.24, 2.45) is 5.41 Å². The second-order valence-electron chi connectivity index (χ2n) is 9.29. The number of amides is 1.